The molecule has 33 heavy (non-hydrogen) atoms. The topological polar surface area (TPSA) is 339 Å². The van der Waals surface area contributed by atoms with E-state index in [9.17, 15) is 44.3 Å². The van der Waals surface area contributed by atoms with Crippen LogP contribution in [0.1, 0.15) is 0 Å². The van der Waals surface area contributed by atoms with Crippen LogP contribution in [-0.2, 0) is 27.3 Å². The van der Waals surface area contributed by atoms with Crippen molar-refractivity contribution in [1.29, 1.82) is 0 Å². The van der Waals surface area contributed by atoms with Crippen LogP contribution in [0.3, 0.4) is 0 Å². The molecule has 0 aromatic heterocycles. The second-order valence-corrected chi connectivity index (χ2v) is 8.44. The van der Waals surface area contributed by atoms with Gasteiger partial charge >= 0.3 is 112 Å². The Morgan fingerprint density at radius 3 is 0.758 bits per heavy atom. The number of hydrogen-bond donors (Lipinski definition) is 6. The van der Waals surface area contributed by atoms with E-state index in [1.165, 1.54) is 0 Å². The van der Waals surface area contributed by atoms with Gasteiger partial charge in [0.25, 0.3) is 0 Å². The van der Waals surface area contributed by atoms with Crippen LogP contribution in [0, 0.1) is 0 Å². The zero-order valence-electron chi connectivity index (χ0n) is 17.9. The predicted molar refractivity (Wildman–Crippen MR) is 80.0 cm³/mol. The quantitative estimate of drug-likeness (QED) is 0.0923. The number of phosphoric acid groups is 3. The molecule has 3 unspecified atom stereocenters. The Kier molecular flexibility index (Phi) is 39.7. The first-order valence-electron chi connectivity index (χ1n) is 7.18. The van der Waals surface area contributed by atoms with Gasteiger partial charge in [0.2, 0.25) is 0 Å². The maximum absolute atomic E-state index is 10.2. The Morgan fingerprint density at radius 1 is 0.515 bits per heavy atom. The molecule has 0 aliphatic heterocycles. The molecule has 3 atom stereocenters. The third-order valence-corrected chi connectivity index (χ3v) is 3.30. The van der Waals surface area contributed by atoms with Crippen molar-refractivity contribution in [1.82, 2.24) is 0 Å². The van der Waals surface area contributed by atoms with Crippen LogP contribution >= 0.6 is 23.5 Å². The molecule has 0 aromatic rings. The average Bonchev–Trinajstić information content (AvgIpc) is 2.61. The number of phosphoric ester groups is 3. The van der Waals surface area contributed by atoms with E-state index in [2.05, 4.69) is 13.6 Å². The summed E-state index contributed by atoms with van der Waals surface area (Å²) in [5.41, 5.74) is 0. The summed E-state index contributed by atoms with van der Waals surface area (Å²) in [7, 11) is -13.7. The fraction of sp³-hybridized carbons (Fsp3) is 1.00. The van der Waals surface area contributed by atoms with Crippen molar-refractivity contribution in [2.45, 2.75) is 18.3 Å². The molecule has 0 saturated carbocycles. The summed E-state index contributed by atoms with van der Waals surface area (Å²) >= 11 is 0. The first-order chi connectivity index (χ1) is 13.4. The fourth-order valence-electron chi connectivity index (χ4n) is 0.685. The molecule has 0 aliphatic carbocycles. The van der Waals surface area contributed by atoms with Crippen molar-refractivity contribution in [2.75, 3.05) is 39.6 Å². The summed E-state index contributed by atoms with van der Waals surface area (Å²) in [5, 5.41) is 59.6. The second kappa shape index (κ2) is 26.7. The molecule has 0 saturated heterocycles. The van der Waals surface area contributed by atoms with Crippen LogP contribution in [-0.4, -0.2) is 87.3 Å². The van der Waals surface area contributed by atoms with Crippen molar-refractivity contribution in [3.63, 3.8) is 0 Å². The number of rotatable bonds is 12. The summed E-state index contributed by atoms with van der Waals surface area (Å²) in [6.45, 7) is -5.06. The molecule has 0 fully saturated rings. The molecule has 0 bridgehead atoms. The van der Waals surface area contributed by atoms with E-state index < -0.39 is 81.4 Å². The molecule has 0 aromatic carbocycles. The van der Waals surface area contributed by atoms with E-state index in [1.54, 1.807) is 0 Å². The largest absolute Gasteiger partial charge is 1.00 e. The van der Waals surface area contributed by atoms with Gasteiger partial charge in [-0.15, -0.1) is 18.3 Å². The zero-order valence-corrected chi connectivity index (χ0v) is 26.6. The monoisotopic (exact) mass is 579 g/mol. The summed E-state index contributed by atoms with van der Waals surface area (Å²) in [6, 6.07) is 0. The third kappa shape index (κ3) is 52.4. The number of hydrogen-bond acceptors (Lipinski definition) is 12. The molecule has 186 valence electrons. The van der Waals surface area contributed by atoms with Gasteiger partial charge in [-0.3, -0.25) is 13.6 Å². The molecule has 6 N–H and O–H groups in total. The Morgan fingerprint density at radius 2 is 0.667 bits per heavy atom. The zero-order chi connectivity index (χ0) is 24.6. The van der Waals surface area contributed by atoms with E-state index in [4.69, 9.17) is 29.4 Å². The molecular weight excluding hydrogens is 558 g/mol. The van der Waals surface area contributed by atoms with E-state index >= 15 is 0 Å². The minimum atomic E-state index is -4.57. The van der Waals surface area contributed by atoms with Gasteiger partial charge in [-0.25, -0.2) is 13.7 Å². The van der Waals surface area contributed by atoms with Gasteiger partial charge in [-0.2, -0.15) is 19.8 Å². The predicted octanol–water partition coefficient (Wildman–Crippen LogP) is -17.4. The van der Waals surface area contributed by atoms with E-state index in [-0.39, 0.29) is 88.7 Å². The van der Waals surface area contributed by atoms with Crippen molar-refractivity contribution < 1.29 is 176 Å². The van der Waals surface area contributed by atoms with E-state index in [0.29, 0.717) is 0 Å². The van der Waals surface area contributed by atoms with Gasteiger partial charge in [0.1, 0.15) is 0 Å². The van der Waals surface area contributed by atoms with Gasteiger partial charge in [0.15, 0.2) is 0 Å². The SMILES string of the molecule is O=P(O)(O)OCC([O-])C[O-].O=P(O)(O)OCC([O-])C[O-].O=P(O)(O)OCC([O-])C[O-].[Na+].[Na+].[Na+]. The maximum atomic E-state index is 10.2. The Labute approximate surface area is 254 Å². The normalized spacial score (nSPS) is 13.8. The van der Waals surface area contributed by atoms with Crippen LogP contribution in [0.4, 0.5) is 0 Å². The summed E-state index contributed by atoms with van der Waals surface area (Å²) < 4.78 is 40.9. The van der Waals surface area contributed by atoms with Gasteiger partial charge in [0, 0.05) is 19.8 Å². The summed E-state index contributed by atoms with van der Waals surface area (Å²) in [6.07, 6.45) is -4.81. The van der Waals surface area contributed by atoms with Crippen molar-refractivity contribution >= 4 is 23.5 Å². The molecule has 18 nitrogen and oxygen atoms in total. The van der Waals surface area contributed by atoms with Gasteiger partial charge in [0.05, 0.1) is 0 Å². The van der Waals surface area contributed by atoms with Gasteiger partial charge in [-0.05, 0) is 0 Å². The van der Waals surface area contributed by atoms with E-state index in [1.807, 2.05) is 0 Å². The third-order valence-electron chi connectivity index (χ3n) is 1.84. The fourth-order valence-corrected chi connectivity index (χ4v) is 1.77. The second-order valence-electron chi connectivity index (χ2n) is 4.73. The first kappa shape index (κ1) is 49.1. The Balaban J connectivity index is -0.0000000792. The van der Waals surface area contributed by atoms with Crippen molar-refractivity contribution in [3.05, 3.63) is 0 Å². The molecular formula is C9H21Na3O18P3-3. The maximum Gasteiger partial charge on any atom is 1.00 e. The van der Waals surface area contributed by atoms with Crippen LogP contribution in [0.5, 0.6) is 0 Å². The van der Waals surface area contributed by atoms with Crippen molar-refractivity contribution in [2.24, 2.45) is 0 Å². The van der Waals surface area contributed by atoms with Crippen LogP contribution < -0.4 is 119 Å². The van der Waals surface area contributed by atoms with E-state index in [0.717, 1.165) is 0 Å². The molecule has 0 rings (SSSR count). The minimum absolute atomic E-state index is 0. The Hall–Kier alpha value is 3.09. The van der Waals surface area contributed by atoms with Crippen LogP contribution in [0.25, 0.3) is 0 Å². The Bertz CT molecular complexity index is 477. The van der Waals surface area contributed by atoms with Gasteiger partial charge < -0.3 is 60.0 Å². The van der Waals surface area contributed by atoms with Crippen molar-refractivity contribution in [3.8, 4) is 0 Å². The molecule has 0 amide bonds. The summed E-state index contributed by atoms with van der Waals surface area (Å²) in [4.78, 5) is 48.1. The van der Waals surface area contributed by atoms with Crippen LogP contribution in [0.2, 0.25) is 0 Å². The first-order valence-corrected chi connectivity index (χ1v) is 11.8. The van der Waals surface area contributed by atoms with Gasteiger partial charge in [-0.1, -0.05) is 0 Å². The standard InChI is InChI=1S/3C3H7O6P.3Na/c3*4-1-3(5)2-9-10(6,7)8;;;/h3*3H,1-2H2,(H2,6,7,8);;;/q3*-2;3*+1. The van der Waals surface area contributed by atoms with Crippen LogP contribution in [0.15, 0.2) is 0 Å². The molecule has 0 spiro atoms. The molecule has 0 radical (unpaired) electrons. The smallest absolute Gasteiger partial charge is 0.855 e. The molecule has 0 heterocycles. The minimum Gasteiger partial charge on any atom is -0.855 e. The summed E-state index contributed by atoms with van der Waals surface area (Å²) in [5.74, 6) is 0. The molecule has 24 heteroatoms. The average molecular weight is 579 g/mol. The molecule has 0 aliphatic rings.